The van der Waals surface area contributed by atoms with Gasteiger partial charge in [0.05, 0.1) is 10.7 Å². The van der Waals surface area contributed by atoms with Crippen molar-refractivity contribution in [2.75, 3.05) is 19.7 Å². The summed E-state index contributed by atoms with van der Waals surface area (Å²) in [5.41, 5.74) is 3.69. The fraction of sp³-hybridized carbons (Fsp3) is 0.471. The van der Waals surface area contributed by atoms with Crippen LogP contribution in [0.15, 0.2) is 24.3 Å². The second kappa shape index (κ2) is 8.27. The van der Waals surface area contributed by atoms with Crippen molar-refractivity contribution in [1.29, 1.82) is 0 Å². The van der Waals surface area contributed by atoms with Crippen LogP contribution in [0, 0.1) is 6.92 Å². The number of aliphatic hydroxyl groups is 1. The number of aryl methyl sites for hydroxylation is 2. The third-order valence-electron chi connectivity index (χ3n) is 3.50. The Labute approximate surface area is 131 Å². The molecule has 2 N–H and O–H groups in total. The smallest absolute Gasteiger partial charge is 0.0948 e. The van der Waals surface area contributed by atoms with E-state index in [0.29, 0.717) is 0 Å². The fourth-order valence-electron chi connectivity index (χ4n) is 2.25. The lowest BCUT2D eigenvalue weighted by atomic mass is 10.1. The lowest BCUT2D eigenvalue weighted by Gasteiger charge is -2.01. The number of thiazole rings is 1. The van der Waals surface area contributed by atoms with Crippen molar-refractivity contribution in [2.24, 2.45) is 0 Å². The highest BCUT2D eigenvalue weighted by atomic mass is 32.1. The third-order valence-corrected chi connectivity index (χ3v) is 4.53. The van der Waals surface area contributed by atoms with Gasteiger partial charge in [0.25, 0.3) is 0 Å². The Balaban J connectivity index is 1.97. The minimum atomic E-state index is 0.251. The molecule has 114 valence electrons. The number of nitrogens with one attached hydrogen (secondary N) is 1. The summed E-state index contributed by atoms with van der Waals surface area (Å²) in [4.78, 5) is 6.06. The number of aromatic nitrogens is 1. The predicted molar refractivity (Wildman–Crippen MR) is 89.9 cm³/mol. The fourth-order valence-corrected chi connectivity index (χ4v) is 3.20. The van der Waals surface area contributed by atoms with Crippen molar-refractivity contribution < 1.29 is 5.11 Å². The summed E-state index contributed by atoms with van der Waals surface area (Å²) in [7, 11) is 0. The van der Waals surface area contributed by atoms with E-state index in [1.54, 1.807) is 11.3 Å². The van der Waals surface area contributed by atoms with Crippen LogP contribution in [0.1, 0.15) is 28.8 Å². The largest absolute Gasteiger partial charge is 0.396 e. The zero-order valence-electron chi connectivity index (χ0n) is 12.9. The summed E-state index contributed by atoms with van der Waals surface area (Å²) >= 11 is 1.78. The van der Waals surface area contributed by atoms with Gasteiger partial charge in [-0.2, -0.15) is 0 Å². The van der Waals surface area contributed by atoms with Crippen molar-refractivity contribution >= 4 is 11.3 Å². The van der Waals surface area contributed by atoms with Crippen molar-refractivity contribution in [3.05, 3.63) is 39.7 Å². The van der Waals surface area contributed by atoms with Crippen LogP contribution in [-0.4, -0.2) is 29.8 Å². The SMILES string of the molecule is CCc1ccc(-c2nc(CCNCCCO)sc2C)cc1. The molecular formula is C17H24N2OS. The third kappa shape index (κ3) is 4.63. The first-order valence-corrected chi connectivity index (χ1v) is 8.43. The number of rotatable bonds is 8. The normalized spacial score (nSPS) is 11.0. The number of nitrogens with zero attached hydrogens (tertiary/aromatic N) is 1. The molecule has 4 heteroatoms. The lowest BCUT2D eigenvalue weighted by Crippen LogP contribution is -2.19. The topological polar surface area (TPSA) is 45.2 Å². The van der Waals surface area contributed by atoms with Crippen LogP contribution < -0.4 is 5.32 Å². The van der Waals surface area contributed by atoms with E-state index in [4.69, 9.17) is 10.1 Å². The van der Waals surface area contributed by atoms with Gasteiger partial charge in [-0.25, -0.2) is 4.98 Å². The molecule has 0 bridgehead atoms. The number of hydrogen-bond acceptors (Lipinski definition) is 4. The number of aliphatic hydroxyl groups excluding tert-OH is 1. The van der Waals surface area contributed by atoms with Gasteiger partial charge in [0, 0.05) is 30.0 Å². The van der Waals surface area contributed by atoms with E-state index < -0.39 is 0 Å². The van der Waals surface area contributed by atoms with Crippen LogP contribution in [0.4, 0.5) is 0 Å². The Morgan fingerprint density at radius 1 is 1.19 bits per heavy atom. The van der Waals surface area contributed by atoms with Gasteiger partial charge >= 0.3 is 0 Å². The van der Waals surface area contributed by atoms with E-state index in [0.717, 1.165) is 38.0 Å². The van der Waals surface area contributed by atoms with Gasteiger partial charge < -0.3 is 10.4 Å². The van der Waals surface area contributed by atoms with Crippen molar-refractivity contribution in [1.82, 2.24) is 10.3 Å². The second-order valence-electron chi connectivity index (χ2n) is 5.14. The van der Waals surface area contributed by atoms with Gasteiger partial charge in [-0.05, 0) is 31.9 Å². The van der Waals surface area contributed by atoms with Crippen LogP contribution in [0.25, 0.3) is 11.3 Å². The van der Waals surface area contributed by atoms with Crippen LogP contribution in [0.3, 0.4) is 0 Å². The summed E-state index contributed by atoms with van der Waals surface area (Å²) in [5, 5.41) is 13.2. The van der Waals surface area contributed by atoms with Gasteiger partial charge in [-0.1, -0.05) is 31.2 Å². The molecule has 0 unspecified atom stereocenters. The van der Waals surface area contributed by atoms with Gasteiger partial charge in [0.2, 0.25) is 0 Å². The molecule has 0 saturated carbocycles. The van der Waals surface area contributed by atoms with Crippen LogP contribution in [0.2, 0.25) is 0 Å². The highest BCUT2D eigenvalue weighted by molar-refractivity contribution is 7.12. The first-order chi connectivity index (χ1) is 10.2. The maximum absolute atomic E-state index is 8.74. The standard InChI is InChI=1S/C17H24N2OS/c1-3-14-5-7-15(8-6-14)17-13(2)21-16(19-17)9-11-18-10-4-12-20/h5-8,18,20H,3-4,9-12H2,1-2H3. The number of benzene rings is 1. The Morgan fingerprint density at radius 2 is 1.95 bits per heavy atom. The van der Waals surface area contributed by atoms with Crippen molar-refractivity contribution in [2.45, 2.75) is 33.1 Å². The molecule has 2 aromatic rings. The van der Waals surface area contributed by atoms with Crippen molar-refractivity contribution in [3.8, 4) is 11.3 Å². The highest BCUT2D eigenvalue weighted by Gasteiger charge is 2.09. The minimum absolute atomic E-state index is 0.251. The van der Waals surface area contributed by atoms with Gasteiger partial charge in [-0.15, -0.1) is 11.3 Å². The molecule has 1 aromatic heterocycles. The molecule has 2 rings (SSSR count). The molecule has 0 amide bonds. The van der Waals surface area contributed by atoms with E-state index in [1.165, 1.54) is 21.0 Å². The van der Waals surface area contributed by atoms with Crippen LogP contribution in [0.5, 0.6) is 0 Å². The molecule has 0 aliphatic carbocycles. The zero-order valence-corrected chi connectivity index (χ0v) is 13.7. The molecule has 0 aliphatic rings. The molecular weight excluding hydrogens is 280 g/mol. The Kier molecular flexibility index (Phi) is 6.36. The molecule has 0 saturated heterocycles. The monoisotopic (exact) mass is 304 g/mol. The van der Waals surface area contributed by atoms with Gasteiger partial charge in [-0.3, -0.25) is 0 Å². The molecule has 1 aromatic carbocycles. The van der Waals surface area contributed by atoms with Crippen molar-refractivity contribution in [3.63, 3.8) is 0 Å². The van der Waals surface area contributed by atoms with E-state index >= 15 is 0 Å². The summed E-state index contributed by atoms with van der Waals surface area (Å²) in [6, 6.07) is 8.71. The van der Waals surface area contributed by atoms with Gasteiger partial charge in [0.1, 0.15) is 0 Å². The Morgan fingerprint density at radius 3 is 2.62 bits per heavy atom. The molecule has 0 atom stereocenters. The molecule has 3 nitrogen and oxygen atoms in total. The highest BCUT2D eigenvalue weighted by Crippen LogP contribution is 2.28. The summed E-state index contributed by atoms with van der Waals surface area (Å²) in [6.45, 7) is 6.35. The van der Waals surface area contributed by atoms with E-state index in [1.807, 2.05) is 0 Å². The summed E-state index contributed by atoms with van der Waals surface area (Å²) in [5.74, 6) is 0. The Hall–Kier alpha value is -1.23. The maximum atomic E-state index is 8.74. The minimum Gasteiger partial charge on any atom is -0.396 e. The van der Waals surface area contributed by atoms with Crippen LogP contribution in [-0.2, 0) is 12.8 Å². The molecule has 0 spiro atoms. The zero-order chi connectivity index (χ0) is 15.1. The molecule has 0 radical (unpaired) electrons. The first-order valence-electron chi connectivity index (χ1n) is 7.61. The van der Waals surface area contributed by atoms with E-state index in [9.17, 15) is 0 Å². The second-order valence-corrected chi connectivity index (χ2v) is 6.43. The van der Waals surface area contributed by atoms with Crippen LogP contribution >= 0.6 is 11.3 Å². The van der Waals surface area contributed by atoms with E-state index in [2.05, 4.69) is 43.4 Å². The van der Waals surface area contributed by atoms with E-state index in [-0.39, 0.29) is 6.61 Å². The predicted octanol–water partition coefficient (Wildman–Crippen LogP) is 3.20. The average Bonchev–Trinajstić information content (AvgIpc) is 2.88. The lowest BCUT2D eigenvalue weighted by molar-refractivity contribution is 0.286. The molecule has 21 heavy (non-hydrogen) atoms. The summed E-state index contributed by atoms with van der Waals surface area (Å²) < 4.78 is 0. The quantitative estimate of drug-likeness (QED) is 0.736. The molecule has 1 heterocycles. The first kappa shape index (κ1) is 16.1. The summed E-state index contributed by atoms with van der Waals surface area (Å²) in [6.07, 6.45) is 2.83. The maximum Gasteiger partial charge on any atom is 0.0948 e. The Bertz CT molecular complexity index is 548. The average molecular weight is 304 g/mol. The molecule has 0 aliphatic heterocycles. The van der Waals surface area contributed by atoms with Gasteiger partial charge in [0.15, 0.2) is 0 Å². The molecule has 0 fully saturated rings. The number of hydrogen-bond donors (Lipinski definition) is 2.